The van der Waals surface area contributed by atoms with Crippen molar-refractivity contribution in [3.63, 3.8) is 0 Å². The highest BCUT2D eigenvalue weighted by Gasteiger charge is 2.22. The molecule has 194 valence electrons. The zero-order chi connectivity index (χ0) is 27.3. The Balaban J connectivity index is 0.000000479. The van der Waals surface area contributed by atoms with Gasteiger partial charge in [0.15, 0.2) is 0 Å². The van der Waals surface area contributed by atoms with Crippen LogP contribution in [0.1, 0.15) is 49.9 Å². The van der Waals surface area contributed by atoms with E-state index in [2.05, 4.69) is 66.5 Å². The lowest BCUT2D eigenvalue weighted by Crippen LogP contribution is -2.13. The fourth-order valence-corrected chi connectivity index (χ4v) is 3.81. The van der Waals surface area contributed by atoms with Gasteiger partial charge in [0.2, 0.25) is 0 Å². The zero-order valence-electron chi connectivity index (χ0n) is 22.6. The summed E-state index contributed by atoms with van der Waals surface area (Å²) in [6, 6.07) is 18.1. The van der Waals surface area contributed by atoms with E-state index in [1.807, 2.05) is 37.3 Å². The van der Waals surface area contributed by atoms with E-state index < -0.39 is 0 Å². The van der Waals surface area contributed by atoms with Gasteiger partial charge >= 0.3 is 5.97 Å². The van der Waals surface area contributed by atoms with Crippen LogP contribution in [0.2, 0.25) is 0 Å². The Hall–Kier alpha value is -4.13. The molecule has 7 nitrogen and oxygen atoms in total. The van der Waals surface area contributed by atoms with Crippen LogP contribution in [0.4, 0.5) is 0 Å². The molecule has 0 saturated carbocycles. The minimum atomic E-state index is -0.347. The molecule has 0 unspecified atom stereocenters. The second-order valence-electron chi connectivity index (χ2n) is 10.0. The number of aromatic hydroxyl groups is 1. The number of hydrogen-bond acceptors (Lipinski definition) is 6. The van der Waals surface area contributed by atoms with Crippen LogP contribution in [0.5, 0.6) is 11.5 Å². The van der Waals surface area contributed by atoms with Crippen LogP contribution in [0.15, 0.2) is 66.7 Å². The van der Waals surface area contributed by atoms with Crippen LogP contribution >= 0.6 is 0 Å². The molecule has 1 heterocycles. The van der Waals surface area contributed by atoms with E-state index in [-0.39, 0.29) is 17.1 Å². The van der Waals surface area contributed by atoms with Gasteiger partial charge in [0, 0.05) is 11.1 Å². The average molecular weight is 502 g/mol. The van der Waals surface area contributed by atoms with Gasteiger partial charge in [-0.15, -0.1) is 15.0 Å². The van der Waals surface area contributed by atoms with Gasteiger partial charge in [0.05, 0.1) is 14.2 Å². The van der Waals surface area contributed by atoms with Crippen molar-refractivity contribution >= 4 is 17.0 Å². The summed E-state index contributed by atoms with van der Waals surface area (Å²) in [6.07, 6.45) is 0.802. The second-order valence-corrected chi connectivity index (χ2v) is 10.0. The van der Waals surface area contributed by atoms with Crippen LogP contribution in [0, 0.1) is 6.92 Å². The second kappa shape index (κ2) is 11.3. The lowest BCUT2D eigenvalue weighted by molar-refractivity contribution is -0.136. The Labute approximate surface area is 218 Å². The molecule has 0 aliphatic carbocycles. The number of aryl methyl sites for hydroxylation is 1. The standard InChI is InChI=1S/C25H27N3O2.C5H8O2/c1-16-12-20(25(2,3)4)24(29)23(13-16)28-26-21-11-8-18(15-22(21)27-28)14-17-6-9-19(30-5)10-7-17;1-4(2)5(6)7-3/h6-13,15,29H,14H2,1-5H3;1H2,2-3H3. The third kappa shape index (κ3) is 6.76. The highest BCUT2D eigenvalue weighted by Crippen LogP contribution is 2.36. The largest absolute Gasteiger partial charge is 0.505 e. The molecule has 3 aromatic carbocycles. The van der Waals surface area contributed by atoms with Crippen LogP contribution in [-0.2, 0) is 21.4 Å². The van der Waals surface area contributed by atoms with Crippen LogP contribution in [-0.4, -0.2) is 40.3 Å². The Bertz CT molecular complexity index is 1410. The lowest BCUT2D eigenvalue weighted by Gasteiger charge is -2.22. The van der Waals surface area contributed by atoms with Crippen molar-refractivity contribution in [2.45, 2.75) is 46.5 Å². The van der Waals surface area contributed by atoms with Crippen molar-refractivity contribution in [3.05, 3.63) is 89.0 Å². The number of ether oxygens (including phenoxy) is 2. The quantitative estimate of drug-likeness (QED) is 0.264. The number of nitrogens with zero attached hydrogens (tertiary/aromatic N) is 3. The highest BCUT2D eigenvalue weighted by atomic mass is 16.5. The summed E-state index contributed by atoms with van der Waals surface area (Å²) in [4.78, 5) is 11.7. The molecule has 0 aliphatic rings. The van der Waals surface area contributed by atoms with E-state index in [0.717, 1.165) is 39.9 Å². The number of methoxy groups -OCH3 is 2. The molecule has 0 atom stereocenters. The van der Waals surface area contributed by atoms with Gasteiger partial charge in [-0.05, 0) is 72.7 Å². The molecule has 1 N–H and O–H groups in total. The molecule has 37 heavy (non-hydrogen) atoms. The maximum Gasteiger partial charge on any atom is 0.332 e. The molecule has 0 saturated heterocycles. The number of fused-ring (bicyclic) bond motifs is 1. The van der Waals surface area contributed by atoms with Crippen molar-refractivity contribution in [1.82, 2.24) is 15.0 Å². The average Bonchev–Trinajstić information content (AvgIpc) is 3.28. The zero-order valence-corrected chi connectivity index (χ0v) is 22.6. The Morgan fingerprint density at radius 3 is 2.14 bits per heavy atom. The smallest absolute Gasteiger partial charge is 0.332 e. The Morgan fingerprint density at radius 2 is 1.59 bits per heavy atom. The highest BCUT2D eigenvalue weighted by molar-refractivity contribution is 5.86. The first-order valence-electron chi connectivity index (χ1n) is 12.0. The number of phenolic OH excluding ortho intramolecular Hbond substituents is 1. The minimum Gasteiger partial charge on any atom is -0.505 e. The predicted molar refractivity (Wildman–Crippen MR) is 147 cm³/mol. The molecule has 0 radical (unpaired) electrons. The van der Waals surface area contributed by atoms with Gasteiger partial charge in [-0.2, -0.15) is 0 Å². The minimum absolute atomic E-state index is 0.178. The summed E-state index contributed by atoms with van der Waals surface area (Å²) in [5.41, 5.74) is 6.77. The molecular weight excluding hydrogens is 466 g/mol. The van der Waals surface area contributed by atoms with Gasteiger partial charge in [-0.3, -0.25) is 0 Å². The summed E-state index contributed by atoms with van der Waals surface area (Å²) in [5.74, 6) is 0.733. The van der Waals surface area contributed by atoms with Crippen molar-refractivity contribution in [1.29, 1.82) is 0 Å². The summed E-state index contributed by atoms with van der Waals surface area (Å²) < 4.78 is 9.50. The fraction of sp³-hybridized carbons (Fsp3) is 0.300. The Morgan fingerprint density at radius 1 is 0.973 bits per heavy atom. The maximum atomic E-state index is 10.9. The van der Waals surface area contributed by atoms with Crippen molar-refractivity contribution in [3.8, 4) is 17.2 Å². The van der Waals surface area contributed by atoms with E-state index in [1.54, 1.807) is 18.8 Å². The SMILES string of the molecule is C=C(C)C(=O)OC.COc1ccc(Cc2ccc3nn(-c4cc(C)cc(C(C)(C)C)c4O)nc3c2)cc1. The first-order chi connectivity index (χ1) is 17.4. The number of hydrogen-bond donors (Lipinski definition) is 1. The molecule has 1 aromatic heterocycles. The van der Waals surface area contributed by atoms with Gasteiger partial charge in [0.25, 0.3) is 0 Å². The third-order valence-electron chi connectivity index (χ3n) is 5.80. The van der Waals surface area contributed by atoms with Crippen LogP contribution in [0.25, 0.3) is 16.7 Å². The van der Waals surface area contributed by atoms with Crippen LogP contribution in [0.3, 0.4) is 0 Å². The molecular formula is C30H35N3O4. The van der Waals surface area contributed by atoms with Crippen molar-refractivity contribution in [2.24, 2.45) is 0 Å². The topological polar surface area (TPSA) is 86.5 Å². The summed E-state index contributed by atoms with van der Waals surface area (Å²) in [5, 5.41) is 20.2. The monoisotopic (exact) mass is 501 g/mol. The molecule has 7 heteroatoms. The van der Waals surface area contributed by atoms with E-state index in [4.69, 9.17) is 4.74 Å². The summed E-state index contributed by atoms with van der Waals surface area (Å²) in [6.45, 7) is 13.2. The normalized spacial score (nSPS) is 11.0. The molecule has 0 amide bonds. The molecule has 0 bridgehead atoms. The number of benzene rings is 3. The van der Waals surface area contributed by atoms with E-state index in [0.29, 0.717) is 11.3 Å². The first-order valence-corrected chi connectivity index (χ1v) is 12.0. The van der Waals surface area contributed by atoms with E-state index in [9.17, 15) is 9.90 Å². The van der Waals surface area contributed by atoms with Gasteiger partial charge in [0.1, 0.15) is 28.2 Å². The molecule has 4 aromatic rings. The fourth-order valence-electron chi connectivity index (χ4n) is 3.81. The predicted octanol–water partition coefficient (Wildman–Crippen LogP) is 6.07. The third-order valence-corrected chi connectivity index (χ3v) is 5.80. The number of esters is 1. The van der Waals surface area contributed by atoms with Crippen LogP contribution < -0.4 is 4.74 Å². The van der Waals surface area contributed by atoms with Gasteiger partial charge in [-0.25, -0.2) is 4.79 Å². The Kier molecular flexibility index (Phi) is 8.38. The number of rotatable bonds is 5. The van der Waals surface area contributed by atoms with E-state index in [1.165, 1.54) is 12.7 Å². The lowest BCUT2D eigenvalue weighted by atomic mass is 9.85. The number of carbonyl (C=O) groups excluding carboxylic acids is 1. The number of carbonyl (C=O) groups is 1. The first kappa shape index (κ1) is 27.5. The molecule has 0 aliphatic heterocycles. The van der Waals surface area contributed by atoms with Crippen molar-refractivity contribution in [2.75, 3.05) is 14.2 Å². The number of phenols is 1. The molecule has 0 fully saturated rings. The summed E-state index contributed by atoms with van der Waals surface area (Å²) >= 11 is 0. The maximum absolute atomic E-state index is 10.9. The van der Waals surface area contributed by atoms with Crippen molar-refractivity contribution < 1.29 is 19.4 Å². The van der Waals surface area contributed by atoms with Gasteiger partial charge < -0.3 is 14.6 Å². The summed E-state index contributed by atoms with van der Waals surface area (Å²) in [7, 11) is 3.00. The molecule has 0 spiro atoms. The van der Waals surface area contributed by atoms with E-state index >= 15 is 0 Å². The number of aromatic nitrogens is 3. The van der Waals surface area contributed by atoms with Gasteiger partial charge in [-0.1, -0.05) is 51.6 Å². The molecule has 4 rings (SSSR count).